The number of amides is 1. The van der Waals surface area contributed by atoms with Gasteiger partial charge in [-0.2, -0.15) is 0 Å². The van der Waals surface area contributed by atoms with Crippen LogP contribution in [0.15, 0.2) is 79.3 Å². The van der Waals surface area contributed by atoms with Crippen molar-refractivity contribution in [2.75, 3.05) is 11.9 Å². The predicted octanol–water partition coefficient (Wildman–Crippen LogP) is 4.33. The zero-order valence-electron chi connectivity index (χ0n) is 16.4. The Hall–Kier alpha value is -3.68. The van der Waals surface area contributed by atoms with Gasteiger partial charge in [0.15, 0.2) is 0 Å². The van der Waals surface area contributed by atoms with Crippen LogP contribution in [0.1, 0.15) is 22.1 Å². The molecule has 1 unspecified atom stereocenters. The molecular weight excluding hydrogens is 414 g/mol. The van der Waals surface area contributed by atoms with Crippen LogP contribution < -0.4 is 10.6 Å². The van der Waals surface area contributed by atoms with Gasteiger partial charge in [0.05, 0.1) is 18.3 Å². The minimum Gasteiger partial charge on any atom is -0.394 e. The fourth-order valence-corrected chi connectivity index (χ4v) is 3.32. The highest BCUT2D eigenvalue weighted by Crippen LogP contribution is 2.23. The summed E-state index contributed by atoms with van der Waals surface area (Å²) in [4.78, 5) is 24.2. The molecule has 0 saturated heterocycles. The number of hydrogen-bond acceptors (Lipinski definition) is 5. The number of nitrogens with zero attached hydrogens (tertiary/aromatic N) is 2. The number of anilines is 2. The second kappa shape index (κ2) is 9.42. The van der Waals surface area contributed by atoms with Gasteiger partial charge in [0.1, 0.15) is 17.8 Å². The molecule has 8 heteroatoms. The summed E-state index contributed by atoms with van der Waals surface area (Å²) in [6.45, 7) is -0.250. The predicted molar refractivity (Wildman–Crippen MR) is 120 cm³/mol. The molecule has 0 fully saturated rings. The maximum absolute atomic E-state index is 12.7. The molecule has 0 spiro atoms. The lowest BCUT2D eigenvalue weighted by Crippen LogP contribution is -2.31. The van der Waals surface area contributed by atoms with E-state index in [1.54, 1.807) is 42.6 Å². The summed E-state index contributed by atoms with van der Waals surface area (Å²) in [6, 6.07) is 19.7. The number of nitrogens with one attached hydrogen (secondary N) is 3. The summed E-state index contributed by atoms with van der Waals surface area (Å²) >= 11 is 6.02. The average Bonchev–Trinajstić information content (AvgIpc) is 3.29. The lowest BCUT2D eigenvalue weighted by atomic mass is 10.1. The molecule has 0 aliphatic rings. The standard InChI is InChI=1S/C23H20ClN5O2/c24-17-6-4-5-15(9-17)21(13-30)29-23(31)20-10-16(12-25-20)19-11-22(27-14-26-19)28-18-7-2-1-3-8-18/h1-12,14,21,25,30H,13H2,(H,29,31)(H,26,27,28). The van der Waals surface area contributed by atoms with Gasteiger partial charge in [0.2, 0.25) is 0 Å². The lowest BCUT2D eigenvalue weighted by molar-refractivity contribution is 0.0912. The van der Waals surface area contributed by atoms with E-state index in [0.717, 1.165) is 16.8 Å². The van der Waals surface area contributed by atoms with Gasteiger partial charge in [-0.05, 0) is 35.9 Å². The Labute approximate surface area is 184 Å². The molecule has 0 saturated carbocycles. The molecule has 156 valence electrons. The number of para-hydroxylation sites is 1. The number of aromatic nitrogens is 3. The van der Waals surface area contributed by atoms with Crippen LogP contribution in [0.2, 0.25) is 5.02 Å². The molecule has 0 aliphatic carbocycles. The van der Waals surface area contributed by atoms with E-state index < -0.39 is 6.04 Å². The minimum absolute atomic E-state index is 0.250. The monoisotopic (exact) mass is 433 g/mol. The highest BCUT2D eigenvalue weighted by atomic mass is 35.5. The zero-order chi connectivity index (χ0) is 21.6. The van der Waals surface area contributed by atoms with E-state index in [0.29, 0.717) is 22.2 Å². The van der Waals surface area contributed by atoms with Gasteiger partial charge in [0.25, 0.3) is 5.91 Å². The molecule has 1 atom stereocenters. The van der Waals surface area contributed by atoms with Crippen molar-refractivity contribution in [3.05, 3.63) is 95.5 Å². The third kappa shape index (κ3) is 5.09. The molecule has 1 amide bonds. The maximum atomic E-state index is 12.7. The summed E-state index contributed by atoms with van der Waals surface area (Å²) in [5, 5.41) is 16.3. The van der Waals surface area contributed by atoms with Gasteiger partial charge in [-0.1, -0.05) is 41.9 Å². The first-order valence-corrected chi connectivity index (χ1v) is 10.0. The lowest BCUT2D eigenvalue weighted by Gasteiger charge is -2.16. The van der Waals surface area contributed by atoms with Crippen LogP contribution in [0.25, 0.3) is 11.3 Å². The first-order valence-electron chi connectivity index (χ1n) is 9.62. The van der Waals surface area contributed by atoms with Gasteiger partial charge in [-0.3, -0.25) is 4.79 Å². The second-order valence-corrected chi connectivity index (χ2v) is 7.28. The Bertz CT molecular complexity index is 1180. The van der Waals surface area contributed by atoms with E-state index in [1.165, 1.54) is 6.33 Å². The van der Waals surface area contributed by atoms with Crippen molar-refractivity contribution >= 4 is 29.0 Å². The zero-order valence-corrected chi connectivity index (χ0v) is 17.2. The third-order valence-corrected chi connectivity index (χ3v) is 4.91. The fraction of sp³-hybridized carbons (Fsp3) is 0.0870. The molecule has 4 N–H and O–H groups in total. The summed E-state index contributed by atoms with van der Waals surface area (Å²) in [6.07, 6.45) is 3.17. The van der Waals surface area contributed by atoms with Crippen LogP contribution >= 0.6 is 11.6 Å². The molecule has 2 heterocycles. The van der Waals surface area contributed by atoms with Crippen LogP contribution in [0.3, 0.4) is 0 Å². The number of aromatic amines is 1. The van der Waals surface area contributed by atoms with Crippen LogP contribution in [-0.2, 0) is 0 Å². The van der Waals surface area contributed by atoms with Crippen molar-refractivity contribution < 1.29 is 9.90 Å². The third-order valence-electron chi connectivity index (χ3n) is 4.68. The van der Waals surface area contributed by atoms with Crippen LogP contribution in [0, 0.1) is 0 Å². The number of hydrogen-bond donors (Lipinski definition) is 4. The fourth-order valence-electron chi connectivity index (χ4n) is 3.12. The normalized spacial score (nSPS) is 11.7. The number of carbonyl (C=O) groups is 1. The van der Waals surface area contributed by atoms with Gasteiger partial charge in [-0.25, -0.2) is 9.97 Å². The van der Waals surface area contributed by atoms with Gasteiger partial charge in [0, 0.05) is 28.5 Å². The van der Waals surface area contributed by atoms with Crippen molar-refractivity contribution in [3.8, 4) is 11.3 Å². The SMILES string of the molecule is O=C(NC(CO)c1cccc(Cl)c1)c1cc(-c2cc(Nc3ccccc3)ncn2)c[nH]1. The van der Waals surface area contributed by atoms with Crippen molar-refractivity contribution in [3.63, 3.8) is 0 Å². The molecule has 0 bridgehead atoms. The van der Waals surface area contributed by atoms with Crippen LogP contribution in [-0.4, -0.2) is 32.6 Å². The van der Waals surface area contributed by atoms with Crippen LogP contribution in [0.4, 0.5) is 11.5 Å². The molecule has 2 aromatic carbocycles. The van der Waals surface area contributed by atoms with E-state index in [-0.39, 0.29) is 12.5 Å². The molecule has 0 aliphatic heterocycles. The quantitative estimate of drug-likeness (QED) is 0.347. The maximum Gasteiger partial charge on any atom is 0.268 e. The summed E-state index contributed by atoms with van der Waals surface area (Å²) in [7, 11) is 0. The van der Waals surface area contributed by atoms with Crippen molar-refractivity contribution in [2.45, 2.75) is 6.04 Å². The molecule has 0 radical (unpaired) electrons. The summed E-state index contributed by atoms with van der Waals surface area (Å²) in [5.41, 5.74) is 3.40. The number of halogens is 1. The first kappa shape index (κ1) is 20.6. The molecule has 7 nitrogen and oxygen atoms in total. The molecule has 4 rings (SSSR count). The van der Waals surface area contributed by atoms with E-state index in [1.807, 2.05) is 30.3 Å². The average molecular weight is 434 g/mol. The Morgan fingerprint density at radius 2 is 1.90 bits per heavy atom. The van der Waals surface area contributed by atoms with E-state index >= 15 is 0 Å². The molecule has 4 aromatic rings. The Morgan fingerprint density at radius 1 is 1.06 bits per heavy atom. The van der Waals surface area contributed by atoms with Crippen molar-refractivity contribution in [1.82, 2.24) is 20.3 Å². The van der Waals surface area contributed by atoms with E-state index in [4.69, 9.17) is 11.6 Å². The van der Waals surface area contributed by atoms with Crippen LogP contribution in [0.5, 0.6) is 0 Å². The minimum atomic E-state index is -0.571. The number of rotatable bonds is 7. The smallest absolute Gasteiger partial charge is 0.268 e. The van der Waals surface area contributed by atoms with E-state index in [2.05, 4.69) is 25.6 Å². The first-order chi connectivity index (χ1) is 15.1. The number of aliphatic hydroxyl groups is 1. The second-order valence-electron chi connectivity index (χ2n) is 6.85. The largest absolute Gasteiger partial charge is 0.394 e. The van der Waals surface area contributed by atoms with Gasteiger partial charge < -0.3 is 20.7 Å². The number of benzene rings is 2. The number of H-pyrrole nitrogens is 1. The topological polar surface area (TPSA) is 103 Å². The number of aliphatic hydroxyl groups excluding tert-OH is 1. The highest BCUT2D eigenvalue weighted by Gasteiger charge is 2.17. The molecular formula is C23H20ClN5O2. The summed E-state index contributed by atoms with van der Waals surface area (Å²) in [5.74, 6) is 0.298. The Balaban J connectivity index is 1.49. The Kier molecular flexibility index (Phi) is 6.26. The van der Waals surface area contributed by atoms with Crippen molar-refractivity contribution in [2.24, 2.45) is 0 Å². The Morgan fingerprint density at radius 3 is 2.68 bits per heavy atom. The van der Waals surface area contributed by atoms with Crippen molar-refractivity contribution in [1.29, 1.82) is 0 Å². The molecule has 31 heavy (non-hydrogen) atoms. The van der Waals surface area contributed by atoms with E-state index in [9.17, 15) is 9.90 Å². The number of carbonyl (C=O) groups excluding carboxylic acids is 1. The van der Waals surface area contributed by atoms with Gasteiger partial charge in [-0.15, -0.1) is 0 Å². The summed E-state index contributed by atoms with van der Waals surface area (Å²) < 4.78 is 0. The van der Waals surface area contributed by atoms with Gasteiger partial charge >= 0.3 is 0 Å². The molecule has 2 aromatic heterocycles. The highest BCUT2D eigenvalue weighted by molar-refractivity contribution is 6.30.